The summed E-state index contributed by atoms with van der Waals surface area (Å²) in [5, 5.41) is 0. The largest absolute Gasteiger partial charge is 0.0654 e. The quantitative estimate of drug-likeness (QED) is 0.514. The molecule has 7 heavy (non-hydrogen) atoms. The molecule has 0 aromatic carbocycles. The van der Waals surface area contributed by atoms with Gasteiger partial charge in [0.05, 0.1) is 0 Å². The maximum absolute atomic E-state index is 7.33. The van der Waals surface area contributed by atoms with Crippen molar-refractivity contribution >= 4 is 0 Å². The Morgan fingerprint density at radius 3 is 1.86 bits per heavy atom. The highest BCUT2D eigenvalue weighted by Crippen LogP contribution is 2.00. The summed E-state index contributed by atoms with van der Waals surface area (Å²) >= 11 is 0. The molecular formula is C7H16. The first kappa shape index (κ1) is 3.94. The second kappa shape index (κ2) is 6.00. The van der Waals surface area contributed by atoms with E-state index in [1.54, 1.807) is 0 Å². The van der Waals surface area contributed by atoms with Gasteiger partial charge >= 0.3 is 0 Å². The van der Waals surface area contributed by atoms with Gasteiger partial charge in [0.25, 0.3) is 0 Å². The van der Waals surface area contributed by atoms with Crippen molar-refractivity contribution in [3.8, 4) is 0 Å². The highest BCUT2D eigenvalue weighted by Gasteiger charge is 1.80. The SMILES string of the molecule is [3H]C(CC)CC([3H])CC. The maximum atomic E-state index is 7.33. The lowest BCUT2D eigenvalue weighted by Gasteiger charge is -1.90. The molecule has 0 heteroatoms. The zero-order valence-corrected chi connectivity index (χ0v) is 5.28. The molecule has 0 rings (SSSR count). The average Bonchev–Trinajstić information content (AvgIpc) is 1.87. The fraction of sp³-hybridized carbons (Fsp3) is 1.00. The molecule has 0 aliphatic carbocycles. The molecule has 2 atom stereocenters. The van der Waals surface area contributed by atoms with Crippen molar-refractivity contribution in [1.29, 1.82) is 0 Å². The lowest BCUT2D eigenvalue weighted by molar-refractivity contribution is 0.656. The van der Waals surface area contributed by atoms with Crippen LogP contribution in [-0.4, -0.2) is 0 Å². The first-order chi connectivity index (χ1) is 4.20. The highest BCUT2D eigenvalue weighted by atomic mass is 13.9. The van der Waals surface area contributed by atoms with Crippen molar-refractivity contribution in [2.75, 3.05) is 0 Å². The van der Waals surface area contributed by atoms with Crippen molar-refractivity contribution in [1.82, 2.24) is 0 Å². The molecule has 0 saturated carbocycles. The maximum Gasteiger partial charge on any atom is 0.0266 e. The first-order valence-electron chi connectivity index (χ1n) is 4.20. The molecule has 0 aliphatic heterocycles. The van der Waals surface area contributed by atoms with E-state index in [4.69, 9.17) is 2.74 Å². The van der Waals surface area contributed by atoms with Crippen LogP contribution in [0, 0.1) is 0 Å². The summed E-state index contributed by atoms with van der Waals surface area (Å²) in [5.41, 5.74) is 0. The van der Waals surface area contributed by atoms with E-state index >= 15 is 0 Å². The molecule has 0 N–H and O–H groups in total. The van der Waals surface area contributed by atoms with E-state index in [1.165, 1.54) is 0 Å². The monoisotopic (exact) mass is 104 g/mol. The fourth-order valence-corrected chi connectivity index (χ4v) is 0.451. The van der Waals surface area contributed by atoms with E-state index in [2.05, 4.69) is 0 Å². The Morgan fingerprint density at radius 1 is 1.14 bits per heavy atom. The zero-order valence-electron chi connectivity index (χ0n) is 7.28. The Kier molecular flexibility index (Phi) is 3.38. The molecule has 0 aromatic heterocycles. The molecule has 0 nitrogen and oxygen atoms in total. The average molecular weight is 104 g/mol. The van der Waals surface area contributed by atoms with Gasteiger partial charge in [-0.15, -0.1) is 0 Å². The van der Waals surface area contributed by atoms with Gasteiger partial charge in [-0.1, -0.05) is 45.9 Å². The Morgan fingerprint density at radius 2 is 1.57 bits per heavy atom. The van der Waals surface area contributed by atoms with Crippen LogP contribution in [0.4, 0.5) is 0 Å². The van der Waals surface area contributed by atoms with E-state index in [1.807, 2.05) is 13.8 Å². The van der Waals surface area contributed by atoms with Crippen LogP contribution in [0.2, 0.25) is 0 Å². The van der Waals surface area contributed by atoms with E-state index in [9.17, 15) is 0 Å². The molecule has 0 aliphatic rings. The van der Waals surface area contributed by atoms with Crippen LogP contribution in [0.1, 0.15) is 48.6 Å². The predicted octanol–water partition coefficient (Wildman–Crippen LogP) is 2.98. The molecular weight excluding hydrogens is 84.1 g/mol. The zero-order chi connectivity index (χ0) is 7.28. The van der Waals surface area contributed by atoms with Crippen molar-refractivity contribution in [2.45, 2.75) is 45.9 Å². The van der Waals surface area contributed by atoms with Crippen molar-refractivity contribution in [3.63, 3.8) is 0 Å². The third-order valence-electron chi connectivity index (χ3n) is 0.911. The van der Waals surface area contributed by atoms with Crippen molar-refractivity contribution < 1.29 is 2.74 Å². The first-order valence-corrected chi connectivity index (χ1v) is 3.05. The topological polar surface area (TPSA) is 0 Å². The molecule has 0 heterocycles. The minimum absolute atomic E-state index is 0.00699. The molecule has 0 saturated heterocycles. The lowest BCUT2D eigenvalue weighted by Crippen LogP contribution is -1.70. The van der Waals surface area contributed by atoms with Gasteiger partial charge in [0, 0.05) is 2.74 Å². The molecule has 0 aromatic rings. The predicted molar refractivity (Wildman–Crippen MR) is 34.4 cm³/mol. The smallest absolute Gasteiger partial charge is 0.0266 e. The van der Waals surface area contributed by atoms with Gasteiger partial charge in [-0.2, -0.15) is 0 Å². The number of rotatable bonds is 4. The number of hydrogen-bond donors (Lipinski definition) is 0. The normalized spacial score (nSPS) is 22.6. The van der Waals surface area contributed by atoms with Crippen LogP contribution in [-0.2, 0) is 0 Å². The van der Waals surface area contributed by atoms with E-state index in [0.29, 0.717) is 0 Å². The van der Waals surface area contributed by atoms with Gasteiger partial charge in [-0.05, 0) is 0 Å². The molecule has 0 radical (unpaired) electrons. The Balaban J connectivity index is 3.22. The molecule has 0 bridgehead atoms. The second-order valence-corrected chi connectivity index (χ2v) is 1.63. The third kappa shape index (κ3) is 6.00. The third-order valence-corrected chi connectivity index (χ3v) is 0.911. The van der Waals surface area contributed by atoms with Crippen LogP contribution in [0.5, 0.6) is 0 Å². The van der Waals surface area contributed by atoms with Gasteiger partial charge in [0.2, 0.25) is 0 Å². The summed E-state index contributed by atoms with van der Waals surface area (Å²) in [6.07, 6.45) is 2.50. The second-order valence-electron chi connectivity index (χ2n) is 1.63. The van der Waals surface area contributed by atoms with Crippen molar-refractivity contribution in [2.24, 2.45) is 0 Å². The minimum atomic E-state index is -0.00699. The van der Waals surface area contributed by atoms with Gasteiger partial charge in [0.1, 0.15) is 0 Å². The van der Waals surface area contributed by atoms with Gasteiger partial charge in [-0.25, -0.2) is 0 Å². The van der Waals surface area contributed by atoms with E-state index < -0.39 is 0 Å². The Hall–Kier alpha value is 0. The summed E-state index contributed by atoms with van der Waals surface area (Å²) in [5.74, 6) is 0. The molecule has 0 amide bonds. The Bertz CT molecular complexity index is 55.9. The van der Waals surface area contributed by atoms with Crippen LogP contribution in [0.25, 0.3) is 0 Å². The van der Waals surface area contributed by atoms with Crippen LogP contribution >= 0.6 is 0 Å². The summed E-state index contributed by atoms with van der Waals surface area (Å²) in [4.78, 5) is 0. The Labute approximate surface area is 49.7 Å². The summed E-state index contributed by atoms with van der Waals surface area (Å²) in [7, 11) is 0. The van der Waals surface area contributed by atoms with Gasteiger partial charge in [-0.3, -0.25) is 0 Å². The lowest BCUT2D eigenvalue weighted by atomic mass is 10.2. The standard InChI is InChI=1S/C7H16/c1-3-5-7-6-4-2/h3-7H2,1-2H3/i5T,6T. The van der Waals surface area contributed by atoms with Crippen LogP contribution < -0.4 is 0 Å². The minimum Gasteiger partial charge on any atom is -0.0654 e. The number of hydrogen-bond acceptors (Lipinski definition) is 0. The van der Waals surface area contributed by atoms with Crippen molar-refractivity contribution in [3.05, 3.63) is 0 Å². The summed E-state index contributed by atoms with van der Waals surface area (Å²) in [6.45, 7) is 4.00. The van der Waals surface area contributed by atoms with E-state index in [-0.39, 0.29) is 12.8 Å². The highest BCUT2D eigenvalue weighted by molar-refractivity contribution is 4.35. The van der Waals surface area contributed by atoms with Crippen LogP contribution in [0.3, 0.4) is 0 Å². The van der Waals surface area contributed by atoms with Gasteiger partial charge in [0.15, 0.2) is 0 Å². The van der Waals surface area contributed by atoms with Gasteiger partial charge < -0.3 is 0 Å². The summed E-state index contributed by atoms with van der Waals surface area (Å²) in [6, 6.07) is 0. The fourth-order valence-electron chi connectivity index (χ4n) is 0.451. The summed E-state index contributed by atoms with van der Waals surface area (Å²) < 4.78 is 14.7. The molecule has 0 spiro atoms. The van der Waals surface area contributed by atoms with E-state index in [0.717, 1.165) is 19.3 Å². The molecule has 44 valence electrons. The van der Waals surface area contributed by atoms with Crippen LogP contribution in [0.15, 0.2) is 0 Å². The molecule has 2 unspecified atom stereocenters. The molecule has 0 fully saturated rings.